The maximum atomic E-state index is 3.46. The first-order valence-electron chi connectivity index (χ1n) is 7.17. The molecule has 1 aliphatic rings. The third-order valence-electron chi connectivity index (χ3n) is 4.24. The van der Waals surface area contributed by atoms with Gasteiger partial charge >= 0.3 is 0 Å². The Morgan fingerprint density at radius 1 is 1.28 bits per heavy atom. The molecule has 1 saturated heterocycles. The molecule has 0 saturated carbocycles. The van der Waals surface area contributed by atoms with Crippen LogP contribution in [0.4, 0.5) is 0 Å². The standard InChI is InChI=1S/C16H26N2/c1-13-9-10-18(14(2)11-13)12-16(17-3)15-7-5-4-6-8-15/h4-8,13-14,16-17H,9-12H2,1-3H3. The number of likely N-dealkylation sites (N-methyl/N-ethyl adjacent to an activating group) is 1. The van der Waals surface area contributed by atoms with Crippen molar-refractivity contribution in [2.24, 2.45) is 5.92 Å². The summed E-state index contributed by atoms with van der Waals surface area (Å²) in [5.41, 5.74) is 1.39. The van der Waals surface area contributed by atoms with E-state index in [0.29, 0.717) is 12.1 Å². The van der Waals surface area contributed by atoms with E-state index >= 15 is 0 Å². The molecular formula is C16H26N2. The van der Waals surface area contributed by atoms with E-state index in [4.69, 9.17) is 0 Å². The Hall–Kier alpha value is -0.860. The summed E-state index contributed by atoms with van der Waals surface area (Å²) in [6, 6.07) is 11.9. The van der Waals surface area contributed by atoms with Crippen molar-refractivity contribution in [1.82, 2.24) is 10.2 Å². The summed E-state index contributed by atoms with van der Waals surface area (Å²) in [6.07, 6.45) is 2.68. The van der Waals surface area contributed by atoms with Gasteiger partial charge < -0.3 is 5.32 Å². The van der Waals surface area contributed by atoms with Gasteiger partial charge in [-0.3, -0.25) is 4.90 Å². The van der Waals surface area contributed by atoms with E-state index in [0.717, 1.165) is 12.5 Å². The van der Waals surface area contributed by atoms with Crippen LogP contribution >= 0.6 is 0 Å². The molecule has 0 aromatic heterocycles. The quantitative estimate of drug-likeness (QED) is 0.878. The van der Waals surface area contributed by atoms with Crippen LogP contribution in [0.1, 0.15) is 38.3 Å². The Labute approximate surface area is 111 Å². The van der Waals surface area contributed by atoms with Gasteiger partial charge in [0.1, 0.15) is 0 Å². The molecule has 2 heteroatoms. The van der Waals surface area contributed by atoms with E-state index in [-0.39, 0.29) is 0 Å². The third-order valence-corrected chi connectivity index (χ3v) is 4.24. The van der Waals surface area contributed by atoms with Gasteiger partial charge in [0.25, 0.3) is 0 Å². The van der Waals surface area contributed by atoms with Crippen LogP contribution in [-0.4, -0.2) is 31.1 Å². The van der Waals surface area contributed by atoms with Crippen molar-refractivity contribution in [3.8, 4) is 0 Å². The van der Waals surface area contributed by atoms with Crippen LogP contribution in [-0.2, 0) is 0 Å². The van der Waals surface area contributed by atoms with Crippen LogP contribution in [0.15, 0.2) is 30.3 Å². The first-order valence-corrected chi connectivity index (χ1v) is 7.17. The summed E-state index contributed by atoms with van der Waals surface area (Å²) in [7, 11) is 2.06. The monoisotopic (exact) mass is 246 g/mol. The maximum Gasteiger partial charge on any atom is 0.0446 e. The van der Waals surface area contributed by atoms with Gasteiger partial charge in [0.05, 0.1) is 0 Å². The van der Waals surface area contributed by atoms with Crippen molar-refractivity contribution in [3.63, 3.8) is 0 Å². The Morgan fingerprint density at radius 2 is 2.00 bits per heavy atom. The molecule has 1 N–H and O–H groups in total. The molecule has 2 nitrogen and oxygen atoms in total. The van der Waals surface area contributed by atoms with Gasteiger partial charge in [-0.25, -0.2) is 0 Å². The molecule has 1 fully saturated rings. The summed E-state index contributed by atoms with van der Waals surface area (Å²) in [4.78, 5) is 2.63. The number of benzene rings is 1. The lowest BCUT2D eigenvalue weighted by atomic mass is 9.92. The minimum absolute atomic E-state index is 0.446. The Morgan fingerprint density at radius 3 is 2.61 bits per heavy atom. The predicted molar refractivity (Wildman–Crippen MR) is 77.7 cm³/mol. The number of likely N-dealkylation sites (tertiary alicyclic amines) is 1. The lowest BCUT2D eigenvalue weighted by Gasteiger charge is -2.38. The highest BCUT2D eigenvalue weighted by Gasteiger charge is 2.24. The van der Waals surface area contributed by atoms with E-state index in [1.165, 1.54) is 24.9 Å². The highest BCUT2D eigenvalue weighted by molar-refractivity contribution is 5.19. The smallest absolute Gasteiger partial charge is 0.0446 e. The van der Waals surface area contributed by atoms with Crippen molar-refractivity contribution in [2.45, 2.75) is 38.8 Å². The Kier molecular flexibility index (Phi) is 4.79. The predicted octanol–water partition coefficient (Wildman–Crippen LogP) is 3.07. The van der Waals surface area contributed by atoms with E-state index in [1.54, 1.807) is 0 Å². The van der Waals surface area contributed by atoms with Gasteiger partial charge in [0, 0.05) is 18.6 Å². The number of nitrogens with one attached hydrogen (secondary N) is 1. The van der Waals surface area contributed by atoms with Gasteiger partial charge in [-0.1, -0.05) is 37.3 Å². The zero-order valence-electron chi connectivity index (χ0n) is 11.9. The Balaban J connectivity index is 1.98. The molecule has 3 atom stereocenters. The van der Waals surface area contributed by atoms with E-state index in [2.05, 4.69) is 61.4 Å². The highest BCUT2D eigenvalue weighted by atomic mass is 15.2. The van der Waals surface area contributed by atoms with E-state index in [1.807, 2.05) is 0 Å². The molecule has 0 aliphatic carbocycles. The first kappa shape index (κ1) is 13.6. The lowest BCUT2D eigenvalue weighted by Crippen LogP contribution is -2.44. The molecule has 1 aliphatic heterocycles. The second-order valence-electron chi connectivity index (χ2n) is 5.73. The number of piperidine rings is 1. The van der Waals surface area contributed by atoms with Crippen molar-refractivity contribution < 1.29 is 0 Å². The van der Waals surface area contributed by atoms with Crippen LogP contribution in [0.2, 0.25) is 0 Å². The summed E-state index contributed by atoms with van der Waals surface area (Å²) < 4.78 is 0. The van der Waals surface area contributed by atoms with Crippen molar-refractivity contribution >= 4 is 0 Å². The van der Waals surface area contributed by atoms with Crippen LogP contribution < -0.4 is 5.32 Å². The first-order chi connectivity index (χ1) is 8.70. The van der Waals surface area contributed by atoms with E-state index in [9.17, 15) is 0 Å². The zero-order chi connectivity index (χ0) is 13.0. The summed E-state index contributed by atoms with van der Waals surface area (Å²) in [5.74, 6) is 0.890. The van der Waals surface area contributed by atoms with E-state index < -0.39 is 0 Å². The molecule has 1 aromatic rings. The number of nitrogens with zero attached hydrogens (tertiary/aromatic N) is 1. The minimum atomic E-state index is 0.446. The molecular weight excluding hydrogens is 220 g/mol. The van der Waals surface area contributed by atoms with Gasteiger partial charge in [0.15, 0.2) is 0 Å². The summed E-state index contributed by atoms with van der Waals surface area (Å²) in [5, 5.41) is 3.46. The SMILES string of the molecule is CNC(CN1CCC(C)CC1C)c1ccccc1. The largest absolute Gasteiger partial charge is 0.312 e. The normalized spacial score (nSPS) is 27.1. The average Bonchev–Trinajstić information content (AvgIpc) is 2.39. The molecule has 3 unspecified atom stereocenters. The molecule has 18 heavy (non-hydrogen) atoms. The van der Waals surface area contributed by atoms with Crippen LogP contribution in [0.5, 0.6) is 0 Å². The molecule has 2 rings (SSSR count). The van der Waals surface area contributed by atoms with Crippen molar-refractivity contribution in [1.29, 1.82) is 0 Å². The number of hydrogen-bond acceptors (Lipinski definition) is 2. The molecule has 1 aromatic carbocycles. The fraction of sp³-hybridized carbons (Fsp3) is 0.625. The molecule has 0 bridgehead atoms. The minimum Gasteiger partial charge on any atom is -0.312 e. The summed E-state index contributed by atoms with van der Waals surface area (Å²) in [6.45, 7) is 7.11. The van der Waals surface area contributed by atoms with Crippen LogP contribution in [0.3, 0.4) is 0 Å². The second-order valence-corrected chi connectivity index (χ2v) is 5.73. The Bertz CT molecular complexity index is 349. The number of hydrogen-bond donors (Lipinski definition) is 1. The fourth-order valence-electron chi connectivity index (χ4n) is 3.01. The fourth-order valence-corrected chi connectivity index (χ4v) is 3.01. The lowest BCUT2D eigenvalue weighted by molar-refractivity contribution is 0.118. The molecule has 0 spiro atoms. The summed E-state index contributed by atoms with van der Waals surface area (Å²) >= 11 is 0. The van der Waals surface area contributed by atoms with Crippen LogP contribution in [0.25, 0.3) is 0 Å². The van der Waals surface area contributed by atoms with Crippen molar-refractivity contribution in [2.75, 3.05) is 20.1 Å². The molecule has 100 valence electrons. The number of rotatable bonds is 4. The van der Waals surface area contributed by atoms with Crippen molar-refractivity contribution in [3.05, 3.63) is 35.9 Å². The van der Waals surface area contributed by atoms with Gasteiger partial charge in [0.2, 0.25) is 0 Å². The van der Waals surface area contributed by atoms with Gasteiger partial charge in [-0.15, -0.1) is 0 Å². The maximum absolute atomic E-state index is 3.46. The highest BCUT2D eigenvalue weighted by Crippen LogP contribution is 2.24. The third kappa shape index (κ3) is 3.33. The van der Waals surface area contributed by atoms with Gasteiger partial charge in [-0.05, 0) is 44.8 Å². The zero-order valence-corrected chi connectivity index (χ0v) is 11.9. The topological polar surface area (TPSA) is 15.3 Å². The average molecular weight is 246 g/mol. The molecule has 0 amide bonds. The van der Waals surface area contributed by atoms with Gasteiger partial charge in [-0.2, -0.15) is 0 Å². The van der Waals surface area contributed by atoms with Crippen LogP contribution in [0, 0.1) is 5.92 Å². The molecule has 0 radical (unpaired) electrons. The molecule has 1 heterocycles. The second kappa shape index (κ2) is 6.35.